The Bertz CT molecular complexity index is 610. The van der Waals surface area contributed by atoms with Crippen molar-refractivity contribution in [3.63, 3.8) is 0 Å². The molecule has 1 fully saturated rings. The van der Waals surface area contributed by atoms with Gasteiger partial charge < -0.3 is 14.2 Å². The molecule has 0 saturated carbocycles. The predicted octanol–water partition coefficient (Wildman–Crippen LogP) is 3.80. The topological polar surface area (TPSA) is 27.7 Å². The normalized spacial score (nSPS) is 15.5. The second kappa shape index (κ2) is 5.56. The summed E-state index contributed by atoms with van der Waals surface area (Å²) in [6.45, 7) is 1.09. The largest absolute Gasteiger partial charge is 0.454 e. The van der Waals surface area contributed by atoms with Crippen molar-refractivity contribution in [1.29, 1.82) is 0 Å². The maximum Gasteiger partial charge on any atom is 0.184 e. The Morgan fingerprint density at radius 3 is 2.55 bits per heavy atom. The van der Waals surface area contributed by atoms with Crippen LogP contribution in [0.5, 0.6) is 11.5 Å². The lowest BCUT2D eigenvalue weighted by atomic mass is 10.2. The molecule has 5 heteroatoms. The highest BCUT2D eigenvalue weighted by Crippen LogP contribution is 2.29. The number of hydrogen-bond acceptors (Lipinski definition) is 3. The molecule has 2 aromatic carbocycles. The minimum absolute atomic E-state index is 0.0307. The molecule has 3 rings (SSSR count). The van der Waals surface area contributed by atoms with Gasteiger partial charge in [0, 0.05) is 11.6 Å². The van der Waals surface area contributed by atoms with Gasteiger partial charge in [-0.05, 0) is 24.3 Å². The third kappa shape index (κ3) is 2.79. The average Bonchev–Trinajstić information content (AvgIpc) is 2.96. The summed E-state index contributed by atoms with van der Waals surface area (Å²) < 4.78 is 42.5. The first-order valence-corrected chi connectivity index (χ1v) is 6.18. The second-order valence-corrected chi connectivity index (χ2v) is 4.32. The van der Waals surface area contributed by atoms with Crippen molar-refractivity contribution < 1.29 is 23.0 Å². The minimum atomic E-state index is -0.747. The van der Waals surface area contributed by atoms with Crippen molar-refractivity contribution in [1.82, 2.24) is 0 Å². The first-order valence-electron chi connectivity index (χ1n) is 6.18. The van der Waals surface area contributed by atoms with E-state index in [1.807, 2.05) is 6.07 Å². The Hall–Kier alpha value is -1.98. The van der Waals surface area contributed by atoms with Crippen molar-refractivity contribution in [2.75, 3.05) is 13.2 Å². The lowest BCUT2D eigenvalue weighted by molar-refractivity contribution is -0.0442. The lowest BCUT2D eigenvalue weighted by Gasteiger charge is -2.12. The van der Waals surface area contributed by atoms with E-state index in [-0.39, 0.29) is 5.75 Å². The number of halogens is 2. The highest BCUT2D eigenvalue weighted by Gasteiger charge is 2.18. The fourth-order valence-corrected chi connectivity index (χ4v) is 1.96. The lowest BCUT2D eigenvalue weighted by Crippen LogP contribution is -1.98. The smallest absolute Gasteiger partial charge is 0.184 e. The molecule has 0 N–H and O–H groups in total. The van der Waals surface area contributed by atoms with Crippen LogP contribution in [0.15, 0.2) is 42.5 Å². The van der Waals surface area contributed by atoms with Crippen LogP contribution in [0.3, 0.4) is 0 Å². The summed E-state index contributed by atoms with van der Waals surface area (Å²) >= 11 is 0. The maximum absolute atomic E-state index is 13.5. The van der Waals surface area contributed by atoms with Gasteiger partial charge in [0.1, 0.15) is 11.6 Å². The van der Waals surface area contributed by atoms with Gasteiger partial charge in [-0.2, -0.15) is 0 Å². The second-order valence-electron chi connectivity index (χ2n) is 4.32. The zero-order valence-electron chi connectivity index (χ0n) is 10.5. The predicted molar refractivity (Wildman–Crippen MR) is 67.5 cm³/mol. The molecule has 2 aromatic rings. The molecule has 0 spiro atoms. The van der Waals surface area contributed by atoms with E-state index < -0.39 is 17.9 Å². The Morgan fingerprint density at radius 2 is 1.80 bits per heavy atom. The fourth-order valence-electron chi connectivity index (χ4n) is 1.96. The minimum Gasteiger partial charge on any atom is -0.454 e. The Morgan fingerprint density at radius 1 is 1.00 bits per heavy atom. The van der Waals surface area contributed by atoms with Crippen molar-refractivity contribution in [3.05, 3.63) is 59.7 Å². The third-order valence-electron chi connectivity index (χ3n) is 2.87. The van der Waals surface area contributed by atoms with Crippen molar-refractivity contribution in [3.8, 4) is 11.5 Å². The van der Waals surface area contributed by atoms with E-state index >= 15 is 0 Å². The Labute approximate surface area is 114 Å². The zero-order chi connectivity index (χ0) is 13.9. The van der Waals surface area contributed by atoms with E-state index in [4.69, 9.17) is 14.2 Å². The summed E-state index contributed by atoms with van der Waals surface area (Å²) in [5.74, 6) is -0.982. The molecule has 0 aromatic heterocycles. The van der Waals surface area contributed by atoms with Gasteiger partial charge in [-0.25, -0.2) is 8.78 Å². The first kappa shape index (κ1) is 13.0. The van der Waals surface area contributed by atoms with Crippen LogP contribution in [0.1, 0.15) is 11.9 Å². The summed E-state index contributed by atoms with van der Waals surface area (Å²) in [5, 5.41) is 0. The molecule has 20 heavy (non-hydrogen) atoms. The van der Waals surface area contributed by atoms with Crippen molar-refractivity contribution in [2.24, 2.45) is 0 Å². The third-order valence-corrected chi connectivity index (χ3v) is 2.87. The SMILES string of the molecule is Fc1ccc(Oc2cccc(C3OCCO3)c2)c(F)c1. The average molecular weight is 278 g/mol. The Kier molecular flexibility index (Phi) is 3.62. The van der Waals surface area contributed by atoms with Gasteiger partial charge in [0.05, 0.1) is 13.2 Å². The van der Waals surface area contributed by atoms with Crippen molar-refractivity contribution >= 4 is 0 Å². The molecule has 0 radical (unpaired) electrons. The molecule has 0 aliphatic carbocycles. The van der Waals surface area contributed by atoms with Gasteiger partial charge in [0.15, 0.2) is 17.9 Å². The molecule has 104 valence electrons. The van der Waals surface area contributed by atoms with Crippen LogP contribution in [0, 0.1) is 11.6 Å². The summed E-state index contributed by atoms with van der Waals surface area (Å²) in [6.07, 6.45) is -0.420. The molecular formula is C15H12F2O3. The highest BCUT2D eigenvalue weighted by molar-refractivity contribution is 5.35. The molecule has 1 saturated heterocycles. The molecule has 1 aliphatic heterocycles. The standard InChI is InChI=1S/C15H12F2O3/c16-11-4-5-14(13(17)9-11)20-12-3-1-2-10(8-12)15-18-6-7-19-15/h1-5,8-9,15H,6-7H2. The molecule has 0 bridgehead atoms. The van der Waals surface area contributed by atoms with Crippen LogP contribution >= 0.6 is 0 Å². The van der Waals surface area contributed by atoms with Gasteiger partial charge in [0.25, 0.3) is 0 Å². The van der Waals surface area contributed by atoms with Crippen LogP contribution in [0.25, 0.3) is 0 Å². The van der Waals surface area contributed by atoms with Crippen LogP contribution in [-0.2, 0) is 9.47 Å². The number of ether oxygens (including phenoxy) is 3. The summed E-state index contributed by atoms with van der Waals surface area (Å²) in [6, 6.07) is 10.2. The number of benzene rings is 2. The van der Waals surface area contributed by atoms with Crippen LogP contribution in [0.4, 0.5) is 8.78 Å². The summed E-state index contributed by atoms with van der Waals surface area (Å²) in [5.41, 5.74) is 0.794. The molecule has 3 nitrogen and oxygen atoms in total. The molecule has 0 amide bonds. The zero-order valence-corrected chi connectivity index (χ0v) is 10.5. The van der Waals surface area contributed by atoms with E-state index in [1.165, 1.54) is 6.07 Å². The fraction of sp³-hybridized carbons (Fsp3) is 0.200. The van der Waals surface area contributed by atoms with Gasteiger partial charge in [-0.3, -0.25) is 0 Å². The van der Waals surface area contributed by atoms with Crippen molar-refractivity contribution in [2.45, 2.75) is 6.29 Å². The monoisotopic (exact) mass is 278 g/mol. The number of rotatable bonds is 3. The first-order chi connectivity index (χ1) is 9.72. The van der Waals surface area contributed by atoms with Gasteiger partial charge in [-0.1, -0.05) is 12.1 Å². The van der Waals surface area contributed by atoms with Gasteiger partial charge in [0.2, 0.25) is 0 Å². The Balaban J connectivity index is 1.81. The van der Waals surface area contributed by atoms with E-state index in [2.05, 4.69) is 0 Å². The van der Waals surface area contributed by atoms with Gasteiger partial charge in [-0.15, -0.1) is 0 Å². The molecule has 0 unspecified atom stereocenters. The number of hydrogen-bond donors (Lipinski definition) is 0. The quantitative estimate of drug-likeness (QED) is 0.854. The van der Waals surface area contributed by atoms with Crippen LogP contribution < -0.4 is 4.74 Å². The van der Waals surface area contributed by atoms with E-state index in [0.29, 0.717) is 19.0 Å². The highest BCUT2D eigenvalue weighted by atomic mass is 19.1. The van der Waals surface area contributed by atoms with Gasteiger partial charge >= 0.3 is 0 Å². The van der Waals surface area contributed by atoms with E-state index in [1.54, 1.807) is 18.2 Å². The van der Waals surface area contributed by atoms with E-state index in [9.17, 15) is 8.78 Å². The molecular weight excluding hydrogens is 266 g/mol. The molecule has 1 aliphatic rings. The molecule has 1 heterocycles. The molecule has 0 atom stereocenters. The summed E-state index contributed by atoms with van der Waals surface area (Å²) in [4.78, 5) is 0. The van der Waals surface area contributed by atoms with Crippen LogP contribution in [-0.4, -0.2) is 13.2 Å². The summed E-state index contributed by atoms with van der Waals surface area (Å²) in [7, 11) is 0. The van der Waals surface area contributed by atoms with Crippen LogP contribution in [0.2, 0.25) is 0 Å². The van der Waals surface area contributed by atoms with E-state index in [0.717, 1.165) is 17.7 Å². The maximum atomic E-state index is 13.5.